The minimum Gasteiger partial charge on any atom is -0.207 e. The van der Waals surface area contributed by atoms with Crippen LogP contribution in [0.3, 0.4) is 0 Å². The minimum absolute atomic E-state index is 0.130. The second-order valence-electron chi connectivity index (χ2n) is 4.04. The van der Waals surface area contributed by atoms with E-state index in [0.717, 1.165) is 5.56 Å². The van der Waals surface area contributed by atoms with Crippen LogP contribution < -0.4 is 0 Å². The smallest absolute Gasteiger partial charge is 0.207 e. The van der Waals surface area contributed by atoms with Gasteiger partial charge in [0.15, 0.2) is 0 Å². The summed E-state index contributed by atoms with van der Waals surface area (Å²) in [4.78, 5) is 0.429. The molecule has 0 aromatic heterocycles. The van der Waals surface area contributed by atoms with Crippen molar-refractivity contribution in [3.8, 4) is 0 Å². The lowest BCUT2D eigenvalue weighted by Gasteiger charge is -2.25. The molecule has 4 atom stereocenters. The Hall–Kier alpha value is 0.0900. The SMILES string of the molecule is O=S1(=O)c2ccccc2[C@H]2CN1[C@H](Br)[C@@H]2Br. The third kappa shape index (κ3) is 1.30. The van der Waals surface area contributed by atoms with Crippen molar-refractivity contribution in [2.45, 2.75) is 20.6 Å². The van der Waals surface area contributed by atoms with Gasteiger partial charge in [-0.05, 0) is 11.6 Å². The highest BCUT2D eigenvalue weighted by atomic mass is 79.9. The van der Waals surface area contributed by atoms with Crippen molar-refractivity contribution in [2.75, 3.05) is 6.54 Å². The van der Waals surface area contributed by atoms with Crippen LogP contribution in [-0.4, -0.2) is 29.0 Å². The van der Waals surface area contributed by atoms with Gasteiger partial charge in [0.1, 0.15) is 0 Å². The number of halogens is 2. The van der Waals surface area contributed by atoms with Crippen LogP contribution in [0.1, 0.15) is 11.5 Å². The van der Waals surface area contributed by atoms with E-state index in [4.69, 9.17) is 0 Å². The highest BCUT2D eigenvalue weighted by Crippen LogP contribution is 2.48. The highest BCUT2D eigenvalue weighted by molar-refractivity contribution is 9.12. The van der Waals surface area contributed by atoms with Crippen LogP contribution in [0.2, 0.25) is 0 Å². The summed E-state index contributed by atoms with van der Waals surface area (Å²) < 4.78 is 26.1. The first kappa shape index (κ1) is 11.2. The molecule has 2 aliphatic rings. The molecule has 0 saturated carbocycles. The number of alkyl halides is 2. The van der Waals surface area contributed by atoms with Crippen LogP contribution in [0.15, 0.2) is 29.2 Å². The average molecular weight is 367 g/mol. The van der Waals surface area contributed by atoms with Crippen molar-refractivity contribution >= 4 is 41.9 Å². The first-order chi connectivity index (χ1) is 7.53. The average Bonchev–Trinajstić information content (AvgIpc) is 2.54. The summed E-state index contributed by atoms with van der Waals surface area (Å²) >= 11 is 7.02. The predicted octanol–water partition coefficient (Wildman–Crippen LogP) is 2.27. The van der Waals surface area contributed by atoms with Crippen LogP contribution in [0.5, 0.6) is 0 Å². The Bertz CT molecular complexity index is 546. The molecule has 86 valence electrons. The van der Waals surface area contributed by atoms with E-state index < -0.39 is 10.0 Å². The predicted molar refractivity (Wildman–Crippen MR) is 68.5 cm³/mol. The van der Waals surface area contributed by atoms with Gasteiger partial charge in [0.25, 0.3) is 0 Å². The molecular formula is C10H9Br2NO2S. The molecule has 0 spiro atoms. The molecule has 1 aromatic rings. The fraction of sp³-hybridized carbons (Fsp3) is 0.400. The van der Waals surface area contributed by atoms with Gasteiger partial charge in [0.05, 0.1) is 9.85 Å². The van der Waals surface area contributed by atoms with Gasteiger partial charge in [-0.3, -0.25) is 0 Å². The van der Waals surface area contributed by atoms with Crippen molar-refractivity contribution in [2.24, 2.45) is 0 Å². The quantitative estimate of drug-likeness (QED) is 0.521. The molecule has 16 heavy (non-hydrogen) atoms. The van der Waals surface area contributed by atoms with Gasteiger partial charge in [-0.2, -0.15) is 4.31 Å². The lowest BCUT2D eigenvalue weighted by atomic mass is 9.98. The standard InChI is InChI=1S/C10H9Br2NO2S/c11-9-7-5-13(10(9)12)16(14,15)8-4-2-1-3-6(7)8/h1-4,7,9-10H,5H2/t7-,9-,10+/m1/s1. The van der Waals surface area contributed by atoms with Gasteiger partial charge in [-0.15, -0.1) is 0 Å². The highest BCUT2D eigenvalue weighted by Gasteiger charge is 2.51. The summed E-state index contributed by atoms with van der Waals surface area (Å²) in [5, 5.41) is 0. The number of benzene rings is 1. The van der Waals surface area contributed by atoms with Crippen molar-refractivity contribution in [1.82, 2.24) is 4.31 Å². The summed E-state index contributed by atoms with van der Waals surface area (Å²) in [6, 6.07) is 7.27. The number of hydrogen-bond acceptors (Lipinski definition) is 2. The summed E-state index contributed by atoms with van der Waals surface area (Å²) in [7, 11) is -3.32. The van der Waals surface area contributed by atoms with E-state index in [1.54, 1.807) is 12.1 Å². The maximum atomic E-state index is 12.3. The van der Waals surface area contributed by atoms with E-state index in [0.29, 0.717) is 11.4 Å². The zero-order valence-corrected chi connectivity index (χ0v) is 12.2. The van der Waals surface area contributed by atoms with Crippen molar-refractivity contribution in [3.63, 3.8) is 0 Å². The molecule has 2 aliphatic heterocycles. The normalized spacial score (nSPS) is 39.4. The van der Waals surface area contributed by atoms with Crippen LogP contribution in [-0.2, 0) is 10.0 Å². The molecule has 2 heterocycles. The molecule has 1 aromatic carbocycles. The van der Waals surface area contributed by atoms with Gasteiger partial charge in [0.2, 0.25) is 10.0 Å². The van der Waals surface area contributed by atoms with E-state index in [1.165, 1.54) is 4.31 Å². The van der Waals surface area contributed by atoms with Crippen molar-refractivity contribution in [3.05, 3.63) is 29.8 Å². The molecule has 0 amide bonds. The maximum Gasteiger partial charge on any atom is 0.244 e. The minimum atomic E-state index is -3.32. The zero-order valence-electron chi connectivity index (χ0n) is 8.18. The van der Waals surface area contributed by atoms with Gasteiger partial charge < -0.3 is 0 Å². The molecule has 1 fully saturated rings. The first-order valence-corrected chi connectivity index (χ1v) is 8.19. The van der Waals surface area contributed by atoms with Crippen LogP contribution >= 0.6 is 31.9 Å². The van der Waals surface area contributed by atoms with Gasteiger partial charge >= 0.3 is 0 Å². The van der Waals surface area contributed by atoms with Gasteiger partial charge in [0, 0.05) is 17.3 Å². The Kier molecular flexibility index (Phi) is 2.48. The van der Waals surface area contributed by atoms with Crippen molar-refractivity contribution < 1.29 is 8.42 Å². The fourth-order valence-electron chi connectivity index (χ4n) is 2.39. The topological polar surface area (TPSA) is 37.4 Å². The molecular weight excluding hydrogens is 358 g/mol. The molecule has 1 saturated heterocycles. The number of sulfonamides is 1. The Morgan fingerprint density at radius 3 is 2.69 bits per heavy atom. The molecule has 0 radical (unpaired) electrons. The largest absolute Gasteiger partial charge is 0.244 e. The molecule has 1 unspecified atom stereocenters. The Labute approximate surface area is 111 Å². The summed E-state index contributed by atoms with van der Waals surface area (Å²) in [5.41, 5.74) is 0.933. The molecule has 2 bridgehead atoms. The summed E-state index contributed by atoms with van der Waals surface area (Å²) in [6.07, 6.45) is 0. The van der Waals surface area contributed by atoms with Crippen LogP contribution in [0, 0.1) is 0 Å². The summed E-state index contributed by atoms with van der Waals surface area (Å²) in [5.74, 6) is 0.240. The lowest BCUT2D eigenvalue weighted by molar-refractivity contribution is 0.450. The Morgan fingerprint density at radius 2 is 1.94 bits per heavy atom. The van der Waals surface area contributed by atoms with Crippen molar-refractivity contribution in [1.29, 1.82) is 0 Å². The number of rotatable bonds is 0. The lowest BCUT2D eigenvalue weighted by Crippen LogP contribution is -2.35. The van der Waals surface area contributed by atoms with E-state index in [2.05, 4.69) is 31.9 Å². The second-order valence-corrected chi connectivity index (χ2v) is 7.89. The molecule has 6 heteroatoms. The molecule has 3 nitrogen and oxygen atoms in total. The number of nitrogens with zero attached hydrogens (tertiary/aromatic N) is 1. The zero-order chi connectivity index (χ0) is 11.5. The van der Waals surface area contributed by atoms with E-state index in [-0.39, 0.29) is 15.7 Å². The maximum absolute atomic E-state index is 12.3. The fourth-order valence-corrected chi connectivity index (χ4v) is 6.26. The van der Waals surface area contributed by atoms with E-state index in [9.17, 15) is 8.42 Å². The third-order valence-corrected chi connectivity index (χ3v) is 8.31. The third-order valence-electron chi connectivity index (χ3n) is 3.20. The van der Waals surface area contributed by atoms with Crippen LogP contribution in [0.25, 0.3) is 0 Å². The molecule has 0 aliphatic carbocycles. The van der Waals surface area contributed by atoms with Gasteiger partial charge in [-0.1, -0.05) is 50.1 Å². The summed E-state index contributed by atoms with van der Waals surface area (Å²) in [6.45, 7) is 0.561. The first-order valence-electron chi connectivity index (χ1n) is 4.92. The number of fused-ring (bicyclic) bond motifs is 4. The monoisotopic (exact) mass is 365 g/mol. The molecule has 0 N–H and O–H groups in total. The van der Waals surface area contributed by atoms with Gasteiger partial charge in [-0.25, -0.2) is 8.42 Å². The number of hydrogen-bond donors (Lipinski definition) is 0. The van der Waals surface area contributed by atoms with Crippen LogP contribution in [0.4, 0.5) is 0 Å². The second kappa shape index (κ2) is 3.54. The molecule has 3 rings (SSSR count). The van der Waals surface area contributed by atoms with E-state index >= 15 is 0 Å². The Morgan fingerprint density at radius 1 is 1.25 bits per heavy atom. The Balaban J connectivity index is 2.30. The van der Waals surface area contributed by atoms with E-state index in [1.807, 2.05) is 12.1 Å².